The van der Waals surface area contributed by atoms with Crippen molar-refractivity contribution in [1.82, 2.24) is 29.5 Å². The van der Waals surface area contributed by atoms with E-state index in [9.17, 15) is 9.18 Å². The molecule has 2 atom stereocenters. The zero-order valence-electron chi connectivity index (χ0n) is 19.2. The summed E-state index contributed by atoms with van der Waals surface area (Å²) in [5.41, 5.74) is 2.81. The lowest BCUT2D eigenvalue weighted by Crippen LogP contribution is -2.23. The van der Waals surface area contributed by atoms with Gasteiger partial charge in [-0.3, -0.25) is 9.36 Å². The number of hydrogen-bond acceptors (Lipinski definition) is 8. The van der Waals surface area contributed by atoms with Crippen molar-refractivity contribution in [1.29, 1.82) is 0 Å². The minimum atomic E-state index is -0.449. The number of nitrogens with one attached hydrogen (secondary N) is 2. The number of aromatic nitrogens is 6. The standard InChI is InChI=1S/C24H25FN8O2/c1-15(11-19-21-22(29-13-28-19)33(14-30-21)20-5-2-3-10-35-20)23(34)31-17-7-6-16(25)12-18(17)32-24-26-8-4-9-27-24/h4,6-9,12-15,20H,2-3,5,10-11H2,1H3,(H,31,34)(H,26,27,32)/t15-,20?/m1/s1. The number of benzene rings is 1. The highest BCUT2D eigenvalue weighted by atomic mass is 19.1. The summed E-state index contributed by atoms with van der Waals surface area (Å²) in [6.07, 6.45) is 9.69. The van der Waals surface area contributed by atoms with Crippen LogP contribution in [0.25, 0.3) is 11.2 Å². The Kier molecular flexibility index (Phi) is 6.57. The number of amides is 1. The largest absolute Gasteiger partial charge is 0.358 e. The molecule has 1 aliphatic rings. The van der Waals surface area contributed by atoms with Crippen LogP contribution in [0.15, 0.2) is 49.3 Å². The van der Waals surface area contributed by atoms with Gasteiger partial charge < -0.3 is 15.4 Å². The Morgan fingerprint density at radius 1 is 1.17 bits per heavy atom. The molecule has 1 saturated heterocycles. The topological polar surface area (TPSA) is 120 Å². The summed E-state index contributed by atoms with van der Waals surface area (Å²) in [6, 6.07) is 5.74. The van der Waals surface area contributed by atoms with Crippen LogP contribution in [0, 0.1) is 11.7 Å². The van der Waals surface area contributed by atoms with Gasteiger partial charge in [0, 0.05) is 31.3 Å². The van der Waals surface area contributed by atoms with Crippen LogP contribution in [0.2, 0.25) is 0 Å². The van der Waals surface area contributed by atoms with Gasteiger partial charge in [0.05, 0.1) is 23.4 Å². The normalized spacial score (nSPS) is 16.7. The molecule has 4 heterocycles. The zero-order valence-corrected chi connectivity index (χ0v) is 19.2. The van der Waals surface area contributed by atoms with Gasteiger partial charge >= 0.3 is 0 Å². The number of rotatable bonds is 7. The number of anilines is 3. The van der Waals surface area contributed by atoms with Gasteiger partial charge in [-0.05, 0) is 43.5 Å². The van der Waals surface area contributed by atoms with E-state index in [1.807, 2.05) is 4.57 Å². The van der Waals surface area contributed by atoms with Gasteiger partial charge in [-0.25, -0.2) is 29.3 Å². The van der Waals surface area contributed by atoms with Crippen LogP contribution in [-0.4, -0.2) is 42.0 Å². The smallest absolute Gasteiger partial charge is 0.227 e. The predicted molar refractivity (Wildman–Crippen MR) is 127 cm³/mol. The molecule has 4 aromatic rings. The van der Waals surface area contributed by atoms with Crippen molar-refractivity contribution < 1.29 is 13.9 Å². The first-order valence-corrected chi connectivity index (χ1v) is 11.5. The summed E-state index contributed by atoms with van der Waals surface area (Å²) in [7, 11) is 0. The third-order valence-electron chi connectivity index (χ3n) is 5.90. The van der Waals surface area contributed by atoms with Crippen molar-refractivity contribution in [3.8, 4) is 0 Å². The molecule has 0 bridgehead atoms. The highest BCUT2D eigenvalue weighted by Gasteiger charge is 2.22. The maximum absolute atomic E-state index is 13.9. The van der Waals surface area contributed by atoms with E-state index in [2.05, 4.69) is 35.6 Å². The van der Waals surface area contributed by atoms with E-state index in [-0.39, 0.29) is 12.1 Å². The van der Waals surface area contributed by atoms with Crippen LogP contribution in [0.4, 0.5) is 21.7 Å². The Balaban J connectivity index is 1.32. The van der Waals surface area contributed by atoms with E-state index in [1.54, 1.807) is 31.7 Å². The summed E-state index contributed by atoms with van der Waals surface area (Å²) in [4.78, 5) is 34.5. The van der Waals surface area contributed by atoms with Crippen LogP contribution in [-0.2, 0) is 16.0 Å². The lowest BCUT2D eigenvalue weighted by Gasteiger charge is -2.23. The second-order valence-corrected chi connectivity index (χ2v) is 8.45. The van der Waals surface area contributed by atoms with Gasteiger partial charge in [-0.1, -0.05) is 6.92 Å². The fourth-order valence-corrected chi connectivity index (χ4v) is 4.06. The SMILES string of the molecule is C[C@H](Cc1ncnc2c1ncn2C1CCCCO1)C(=O)Nc1ccc(F)cc1Nc1ncccn1. The molecule has 5 rings (SSSR count). The molecule has 180 valence electrons. The van der Waals surface area contributed by atoms with Gasteiger partial charge in [0.2, 0.25) is 11.9 Å². The molecule has 3 aromatic heterocycles. The summed E-state index contributed by atoms with van der Waals surface area (Å²) >= 11 is 0. The van der Waals surface area contributed by atoms with Crippen LogP contribution in [0.3, 0.4) is 0 Å². The fourth-order valence-electron chi connectivity index (χ4n) is 4.06. The molecule has 2 N–H and O–H groups in total. The quantitative estimate of drug-likeness (QED) is 0.411. The van der Waals surface area contributed by atoms with Gasteiger partial charge in [0.15, 0.2) is 5.65 Å². The van der Waals surface area contributed by atoms with Crippen molar-refractivity contribution in [3.05, 3.63) is 60.8 Å². The molecule has 0 radical (unpaired) electrons. The number of imidazole rings is 1. The monoisotopic (exact) mass is 476 g/mol. The number of hydrogen-bond donors (Lipinski definition) is 2. The summed E-state index contributed by atoms with van der Waals surface area (Å²) in [5.74, 6) is -0.830. The van der Waals surface area contributed by atoms with Gasteiger partial charge in [-0.15, -0.1) is 0 Å². The average Bonchev–Trinajstić information content (AvgIpc) is 3.32. The van der Waals surface area contributed by atoms with Crippen LogP contribution in [0.5, 0.6) is 0 Å². The summed E-state index contributed by atoms with van der Waals surface area (Å²) in [6.45, 7) is 2.53. The third-order valence-corrected chi connectivity index (χ3v) is 5.90. The van der Waals surface area contributed by atoms with E-state index in [0.29, 0.717) is 40.6 Å². The second-order valence-electron chi connectivity index (χ2n) is 8.45. The average molecular weight is 477 g/mol. The Labute approximate surface area is 201 Å². The van der Waals surface area contributed by atoms with Crippen LogP contribution < -0.4 is 10.6 Å². The number of nitrogens with zero attached hydrogens (tertiary/aromatic N) is 6. The van der Waals surface area contributed by atoms with Gasteiger partial charge in [-0.2, -0.15) is 0 Å². The number of carbonyl (C=O) groups is 1. The second kappa shape index (κ2) is 10.1. The molecule has 10 nitrogen and oxygen atoms in total. The summed E-state index contributed by atoms with van der Waals surface area (Å²) < 4.78 is 21.7. The van der Waals surface area contributed by atoms with E-state index in [4.69, 9.17) is 4.74 Å². The van der Waals surface area contributed by atoms with E-state index >= 15 is 0 Å². The van der Waals surface area contributed by atoms with Crippen molar-refractivity contribution >= 4 is 34.4 Å². The first-order valence-electron chi connectivity index (χ1n) is 11.5. The summed E-state index contributed by atoms with van der Waals surface area (Å²) in [5, 5.41) is 5.81. The van der Waals surface area contributed by atoms with Crippen molar-refractivity contribution in [2.75, 3.05) is 17.2 Å². The first kappa shape index (κ1) is 22.8. The Morgan fingerprint density at radius 3 is 2.83 bits per heavy atom. The zero-order chi connectivity index (χ0) is 24.2. The molecule has 0 aliphatic carbocycles. The number of carbonyl (C=O) groups excluding carboxylic acids is 1. The van der Waals surface area contributed by atoms with Crippen molar-refractivity contribution in [3.63, 3.8) is 0 Å². The Morgan fingerprint density at radius 2 is 2.03 bits per heavy atom. The molecule has 1 fully saturated rings. The number of halogens is 1. The highest BCUT2D eigenvalue weighted by molar-refractivity contribution is 5.96. The molecule has 1 amide bonds. The Hall–Kier alpha value is -3.99. The van der Waals surface area contributed by atoms with E-state index in [0.717, 1.165) is 25.9 Å². The minimum Gasteiger partial charge on any atom is -0.358 e. The van der Waals surface area contributed by atoms with Crippen molar-refractivity contribution in [2.45, 2.75) is 38.8 Å². The predicted octanol–water partition coefficient (Wildman–Crippen LogP) is 4.02. The molecule has 0 saturated carbocycles. The molecule has 1 aliphatic heterocycles. The number of ether oxygens (including phenoxy) is 1. The molecule has 1 unspecified atom stereocenters. The maximum Gasteiger partial charge on any atom is 0.227 e. The lowest BCUT2D eigenvalue weighted by molar-refractivity contribution is -0.119. The minimum absolute atomic E-state index is 0.0878. The molecule has 11 heteroatoms. The van der Waals surface area contributed by atoms with Gasteiger partial charge in [0.1, 0.15) is 23.9 Å². The highest BCUT2D eigenvalue weighted by Crippen LogP contribution is 2.28. The van der Waals surface area contributed by atoms with Crippen LogP contribution >= 0.6 is 0 Å². The molecular formula is C24H25FN8O2. The Bertz CT molecular complexity index is 1320. The van der Waals surface area contributed by atoms with E-state index in [1.165, 1.54) is 24.5 Å². The molecule has 0 spiro atoms. The lowest BCUT2D eigenvalue weighted by atomic mass is 10.0. The van der Waals surface area contributed by atoms with E-state index < -0.39 is 11.7 Å². The van der Waals surface area contributed by atoms with Gasteiger partial charge in [0.25, 0.3) is 0 Å². The number of fused-ring (bicyclic) bond motifs is 1. The fraction of sp³-hybridized carbons (Fsp3) is 0.333. The third kappa shape index (κ3) is 5.09. The first-order chi connectivity index (χ1) is 17.1. The molecule has 35 heavy (non-hydrogen) atoms. The van der Waals surface area contributed by atoms with Crippen molar-refractivity contribution in [2.24, 2.45) is 5.92 Å². The molecule has 1 aromatic carbocycles. The molecular weight excluding hydrogens is 451 g/mol. The maximum atomic E-state index is 13.9. The van der Waals surface area contributed by atoms with Crippen LogP contribution in [0.1, 0.15) is 38.1 Å².